The van der Waals surface area contributed by atoms with Crippen LogP contribution in [-0.2, 0) is 21.1 Å². The number of hydrogen-bond donors (Lipinski definition) is 1. The van der Waals surface area contributed by atoms with Gasteiger partial charge in [-0.1, -0.05) is 19.1 Å². The van der Waals surface area contributed by atoms with Crippen molar-refractivity contribution in [1.82, 2.24) is 0 Å². The number of carboxylic acids is 1. The molecule has 1 N–H and O–H groups in total. The Bertz CT molecular complexity index is 532. The first-order valence-corrected chi connectivity index (χ1v) is 7.35. The predicted molar refractivity (Wildman–Crippen MR) is 69.3 cm³/mol. The molecular formula is C13H18O4S. The van der Waals surface area contributed by atoms with E-state index in [2.05, 4.69) is 0 Å². The number of sulfone groups is 1. The molecule has 0 saturated carbocycles. The van der Waals surface area contributed by atoms with Crippen LogP contribution < -0.4 is 0 Å². The molecule has 4 nitrogen and oxygen atoms in total. The third kappa shape index (κ3) is 3.32. The molecule has 0 aromatic heterocycles. The number of benzene rings is 1. The third-order valence-corrected chi connectivity index (χ3v) is 4.96. The number of aliphatic carboxylic acids is 1. The van der Waals surface area contributed by atoms with E-state index in [1.54, 1.807) is 45.0 Å². The summed E-state index contributed by atoms with van der Waals surface area (Å²) in [4.78, 5) is 11.0. The fourth-order valence-electron chi connectivity index (χ4n) is 1.56. The number of carboxylic acid groups (broad SMARTS) is 1. The molecule has 0 spiro atoms. The number of rotatable bonds is 5. The maximum atomic E-state index is 12.0. The van der Waals surface area contributed by atoms with E-state index >= 15 is 0 Å². The van der Waals surface area contributed by atoms with Gasteiger partial charge in [0.2, 0.25) is 0 Å². The SMILES string of the molecule is CC(Cc1cccc(S(=O)(=O)C(C)C)c1)C(=O)O. The molecule has 0 aliphatic rings. The first kappa shape index (κ1) is 14.7. The Morgan fingerprint density at radius 3 is 2.39 bits per heavy atom. The van der Waals surface area contributed by atoms with Crippen LogP contribution in [0.3, 0.4) is 0 Å². The fourth-order valence-corrected chi connectivity index (χ4v) is 2.69. The molecule has 0 fully saturated rings. The molecule has 5 heteroatoms. The highest BCUT2D eigenvalue weighted by molar-refractivity contribution is 7.92. The maximum absolute atomic E-state index is 12.0. The molecule has 0 heterocycles. The molecule has 100 valence electrons. The monoisotopic (exact) mass is 270 g/mol. The van der Waals surface area contributed by atoms with Gasteiger partial charge in [0.1, 0.15) is 0 Å². The standard InChI is InChI=1S/C13H18O4S/c1-9(2)18(16,17)12-6-4-5-11(8-12)7-10(3)13(14)15/h4-6,8-10H,7H2,1-3H3,(H,14,15). The van der Waals surface area contributed by atoms with Gasteiger partial charge < -0.3 is 5.11 Å². The van der Waals surface area contributed by atoms with Crippen LogP contribution >= 0.6 is 0 Å². The lowest BCUT2D eigenvalue weighted by Crippen LogP contribution is -2.15. The largest absolute Gasteiger partial charge is 0.481 e. The van der Waals surface area contributed by atoms with Crippen molar-refractivity contribution >= 4 is 15.8 Å². The zero-order valence-corrected chi connectivity index (χ0v) is 11.6. The van der Waals surface area contributed by atoms with Crippen molar-refractivity contribution < 1.29 is 18.3 Å². The third-order valence-electron chi connectivity index (χ3n) is 2.81. The lowest BCUT2D eigenvalue weighted by molar-refractivity contribution is -0.141. The van der Waals surface area contributed by atoms with E-state index in [9.17, 15) is 13.2 Å². The second-order valence-corrected chi connectivity index (χ2v) is 7.19. The van der Waals surface area contributed by atoms with Gasteiger partial charge in [-0.3, -0.25) is 4.79 Å². The first-order valence-electron chi connectivity index (χ1n) is 5.80. The molecule has 1 atom stereocenters. The van der Waals surface area contributed by atoms with Crippen molar-refractivity contribution in [3.05, 3.63) is 29.8 Å². The average molecular weight is 270 g/mol. The molecule has 1 aromatic carbocycles. The summed E-state index contributed by atoms with van der Waals surface area (Å²) in [5, 5.41) is 8.36. The summed E-state index contributed by atoms with van der Waals surface area (Å²) in [7, 11) is -3.30. The van der Waals surface area contributed by atoms with Crippen molar-refractivity contribution in [2.24, 2.45) is 5.92 Å². The van der Waals surface area contributed by atoms with E-state index in [1.807, 2.05) is 0 Å². The highest BCUT2D eigenvalue weighted by Crippen LogP contribution is 2.19. The van der Waals surface area contributed by atoms with Gasteiger partial charge in [0.15, 0.2) is 9.84 Å². The van der Waals surface area contributed by atoms with Crippen LogP contribution in [0.1, 0.15) is 26.3 Å². The molecule has 0 saturated heterocycles. The van der Waals surface area contributed by atoms with E-state index in [0.29, 0.717) is 6.42 Å². The minimum atomic E-state index is -3.30. The topological polar surface area (TPSA) is 71.4 Å². The highest BCUT2D eigenvalue weighted by atomic mass is 32.2. The van der Waals surface area contributed by atoms with Crippen LogP contribution in [0.25, 0.3) is 0 Å². The van der Waals surface area contributed by atoms with Crippen molar-refractivity contribution in [3.63, 3.8) is 0 Å². The Morgan fingerprint density at radius 2 is 1.89 bits per heavy atom. The molecular weight excluding hydrogens is 252 g/mol. The predicted octanol–water partition coefficient (Wildman–Crippen LogP) is 2.13. The zero-order chi connectivity index (χ0) is 13.9. The van der Waals surface area contributed by atoms with Crippen molar-refractivity contribution in [2.45, 2.75) is 37.3 Å². The molecule has 1 rings (SSSR count). The summed E-state index contributed by atoms with van der Waals surface area (Å²) in [6, 6.07) is 6.51. The van der Waals surface area contributed by atoms with Crippen LogP contribution in [0.15, 0.2) is 29.2 Å². The Hall–Kier alpha value is -1.36. The Labute approximate surface area is 108 Å². The Balaban J connectivity index is 3.04. The van der Waals surface area contributed by atoms with E-state index < -0.39 is 27.0 Å². The molecule has 0 aliphatic heterocycles. The van der Waals surface area contributed by atoms with Crippen LogP contribution in [0.5, 0.6) is 0 Å². The quantitative estimate of drug-likeness (QED) is 0.889. The van der Waals surface area contributed by atoms with E-state index in [-0.39, 0.29) is 4.90 Å². The van der Waals surface area contributed by atoms with Crippen molar-refractivity contribution in [1.29, 1.82) is 0 Å². The second kappa shape index (κ2) is 5.52. The summed E-state index contributed by atoms with van der Waals surface area (Å²) in [5.41, 5.74) is 0.728. The fraction of sp³-hybridized carbons (Fsp3) is 0.462. The van der Waals surface area contributed by atoms with Crippen LogP contribution in [0.2, 0.25) is 0 Å². The molecule has 18 heavy (non-hydrogen) atoms. The van der Waals surface area contributed by atoms with Crippen LogP contribution in [0, 0.1) is 5.92 Å². The minimum Gasteiger partial charge on any atom is -0.481 e. The normalized spacial score (nSPS) is 13.6. The molecule has 1 unspecified atom stereocenters. The number of carbonyl (C=O) groups is 1. The first-order chi connectivity index (χ1) is 8.25. The van der Waals surface area contributed by atoms with Crippen LogP contribution in [-0.4, -0.2) is 24.7 Å². The molecule has 0 amide bonds. The Morgan fingerprint density at radius 1 is 1.28 bits per heavy atom. The summed E-state index contributed by atoms with van der Waals surface area (Å²) in [6.45, 7) is 4.86. The van der Waals surface area contributed by atoms with Gasteiger partial charge in [-0.2, -0.15) is 0 Å². The van der Waals surface area contributed by atoms with Gasteiger partial charge in [0.05, 0.1) is 16.1 Å². The van der Waals surface area contributed by atoms with E-state index in [1.165, 1.54) is 0 Å². The maximum Gasteiger partial charge on any atom is 0.306 e. The second-order valence-electron chi connectivity index (χ2n) is 4.68. The minimum absolute atomic E-state index is 0.257. The smallest absolute Gasteiger partial charge is 0.306 e. The van der Waals surface area contributed by atoms with Gasteiger partial charge in [0, 0.05) is 0 Å². The van der Waals surface area contributed by atoms with E-state index in [4.69, 9.17) is 5.11 Å². The molecule has 0 bridgehead atoms. The van der Waals surface area contributed by atoms with Gasteiger partial charge >= 0.3 is 5.97 Å². The van der Waals surface area contributed by atoms with Gasteiger partial charge in [-0.15, -0.1) is 0 Å². The number of hydrogen-bond acceptors (Lipinski definition) is 3. The molecule has 1 aromatic rings. The van der Waals surface area contributed by atoms with E-state index in [0.717, 1.165) is 5.56 Å². The summed E-state index contributed by atoms with van der Waals surface area (Å²) < 4.78 is 24.0. The van der Waals surface area contributed by atoms with Crippen molar-refractivity contribution in [2.75, 3.05) is 0 Å². The Kier molecular flexibility index (Phi) is 4.51. The zero-order valence-electron chi connectivity index (χ0n) is 10.8. The lowest BCUT2D eigenvalue weighted by Gasteiger charge is -2.10. The average Bonchev–Trinajstić information content (AvgIpc) is 2.28. The summed E-state index contributed by atoms with van der Waals surface area (Å²) in [5.74, 6) is -1.41. The molecule has 0 radical (unpaired) electrons. The van der Waals surface area contributed by atoms with Gasteiger partial charge in [0.25, 0.3) is 0 Å². The van der Waals surface area contributed by atoms with Gasteiger partial charge in [-0.25, -0.2) is 8.42 Å². The highest BCUT2D eigenvalue weighted by Gasteiger charge is 2.20. The van der Waals surface area contributed by atoms with Gasteiger partial charge in [-0.05, 0) is 38.0 Å². The lowest BCUT2D eigenvalue weighted by atomic mass is 10.0. The summed E-state index contributed by atoms with van der Waals surface area (Å²) in [6.07, 6.45) is 0.330. The summed E-state index contributed by atoms with van der Waals surface area (Å²) >= 11 is 0. The van der Waals surface area contributed by atoms with Crippen molar-refractivity contribution in [3.8, 4) is 0 Å². The molecule has 0 aliphatic carbocycles. The van der Waals surface area contributed by atoms with Crippen LogP contribution in [0.4, 0.5) is 0 Å².